The zero-order valence-electron chi connectivity index (χ0n) is 18.2. The first kappa shape index (κ1) is 21.1. The second kappa shape index (κ2) is 8.99. The molecule has 34 heavy (non-hydrogen) atoms. The molecule has 3 N–H and O–H groups in total. The number of carbonyl (C=O) groups is 1. The summed E-state index contributed by atoms with van der Waals surface area (Å²) >= 11 is 0. The van der Waals surface area contributed by atoms with Crippen LogP contribution in [-0.2, 0) is 7.05 Å². The van der Waals surface area contributed by atoms with Crippen LogP contribution in [0.2, 0.25) is 0 Å². The van der Waals surface area contributed by atoms with Crippen molar-refractivity contribution in [3.63, 3.8) is 0 Å². The second-order valence-electron chi connectivity index (χ2n) is 7.65. The third-order valence-corrected chi connectivity index (χ3v) is 5.14. The molecule has 0 fully saturated rings. The molecule has 0 aliphatic carbocycles. The van der Waals surface area contributed by atoms with Gasteiger partial charge in [-0.05, 0) is 54.1 Å². The molecule has 5 aromatic rings. The molecule has 0 aliphatic heterocycles. The van der Waals surface area contributed by atoms with Gasteiger partial charge in [0.25, 0.3) is 0 Å². The minimum absolute atomic E-state index is 0.364. The maximum absolute atomic E-state index is 13.3. The molecule has 2 heterocycles. The van der Waals surface area contributed by atoms with Crippen LogP contribution in [-0.4, -0.2) is 25.8 Å². The Morgan fingerprint density at radius 3 is 2.41 bits per heavy atom. The summed E-state index contributed by atoms with van der Waals surface area (Å²) in [7, 11) is 1.88. The number of urea groups is 1. The van der Waals surface area contributed by atoms with Crippen LogP contribution >= 0.6 is 0 Å². The number of carbonyl (C=O) groups excluding carboxylic acids is 1. The summed E-state index contributed by atoms with van der Waals surface area (Å²) in [6.07, 6.45) is 5.26. The fraction of sp³-hybridized carbons (Fsp3) is 0.0400. The predicted molar refractivity (Wildman–Crippen MR) is 131 cm³/mol. The number of amides is 2. The number of aryl methyl sites for hydroxylation is 1. The molecule has 0 saturated carbocycles. The van der Waals surface area contributed by atoms with Gasteiger partial charge in [-0.1, -0.05) is 18.2 Å². The minimum Gasteiger partial charge on any atom is -0.340 e. The number of anilines is 4. The minimum atomic E-state index is -0.476. The number of halogens is 1. The third kappa shape index (κ3) is 4.68. The Morgan fingerprint density at radius 2 is 1.65 bits per heavy atom. The van der Waals surface area contributed by atoms with Crippen LogP contribution in [0.5, 0.6) is 0 Å². The normalized spacial score (nSPS) is 10.8. The van der Waals surface area contributed by atoms with Gasteiger partial charge in [0.1, 0.15) is 18.0 Å². The van der Waals surface area contributed by atoms with E-state index in [0.29, 0.717) is 17.2 Å². The molecule has 5 rings (SSSR count). The van der Waals surface area contributed by atoms with E-state index in [0.717, 1.165) is 27.7 Å². The molecule has 168 valence electrons. The number of nitrogens with one attached hydrogen (secondary N) is 3. The van der Waals surface area contributed by atoms with E-state index in [9.17, 15) is 9.18 Å². The molecule has 2 aromatic heterocycles. The van der Waals surface area contributed by atoms with Crippen molar-refractivity contribution in [2.75, 3.05) is 16.0 Å². The summed E-state index contributed by atoms with van der Waals surface area (Å²) in [5, 5.41) is 13.8. The highest BCUT2D eigenvalue weighted by Crippen LogP contribution is 2.29. The van der Waals surface area contributed by atoms with Gasteiger partial charge < -0.3 is 16.0 Å². The molecule has 9 heteroatoms. The Bertz CT molecular complexity index is 1500. The molecule has 2 amide bonds. The third-order valence-electron chi connectivity index (χ3n) is 5.14. The quantitative estimate of drug-likeness (QED) is 0.324. The molecule has 0 atom stereocenters. The van der Waals surface area contributed by atoms with E-state index in [2.05, 4.69) is 31.0 Å². The van der Waals surface area contributed by atoms with Crippen LogP contribution in [0.3, 0.4) is 0 Å². The Morgan fingerprint density at radius 1 is 0.882 bits per heavy atom. The number of fused-ring (bicyclic) bond motifs is 1. The summed E-state index contributed by atoms with van der Waals surface area (Å²) < 4.78 is 15.1. The van der Waals surface area contributed by atoms with Gasteiger partial charge in [-0.25, -0.2) is 19.2 Å². The molecule has 3 aromatic carbocycles. The van der Waals surface area contributed by atoms with E-state index in [1.165, 1.54) is 24.5 Å². The zero-order chi connectivity index (χ0) is 23.5. The van der Waals surface area contributed by atoms with E-state index < -0.39 is 11.8 Å². The monoisotopic (exact) mass is 453 g/mol. The molecule has 0 bridgehead atoms. The standard InChI is InChI=1S/C25H20FN7O/c1-33-14-17(13-29-33)16-8-9-23-22(10-16)24(28-15-27-23)30-20-6-3-7-21(12-20)32-25(34)31-19-5-2-4-18(26)11-19/h2-15H,1H3,(H,27,28,30)(H2,31,32,34). The van der Waals surface area contributed by atoms with Crippen LogP contribution in [0.15, 0.2) is 85.5 Å². The van der Waals surface area contributed by atoms with Crippen molar-refractivity contribution >= 4 is 39.8 Å². The van der Waals surface area contributed by atoms with E-state index in [4.69, 9.17) is 0 Å². The van der Waals surface area contributed by atoms with Crippen molar-refractivity contribution < 1.29 is 9.18 Å². The number of rotatable bonds is 5. The molecular formula is C25H20FN7O. The summed E-state index contributed by atoms with van der Waals surface area (Å²) in [5.74, 6) is 0.213. The van der Waals surface area contributed by atoms with Gasteiger partial charge >= 0.3 is 6.03 Å². The molecule has 0 unspecified atom stereocenters. The number of hydrogen-bond acceptors (Lipinski definition) is 5. The van der Waals surface area contributed by atoms with E-state index in [1.807, 2.05) is 49.8 Å². The van der Waals surface area contributed by atoms with Crippen molar-refractivity contribution in [3.05, 3.63) is 91.3 Å². The molecule has 0 saturated heterocycles. The smallest absolute Gasteiger partial charge is 0.323 e. The zero-order valence-corrected chi connectivity index (χ0v) is 18.2. The van der Waals surface area contributed by atoms with E-state index in [-0.39, 0.29) is 0 Å². The van der Waals surface area contributed by atoms with Gasteiger partial charge in [0, 0.05) is 41.3 Å². The number of hydrogen-bond donors (Lipinski definition) is 3. The predicted octanol–water partition coefficient (Wildman–Crippen LogP) is 5.56. The summed E-state index contributed by atoms with van der Waals surface area (Å²) in [4.78, 5) is 21.1. The SMILES string of the molecule is Cn1cc(-c2ccc3ncnc(Nc4cccc(NC(=O)Nc5cccc(F)c5)c4)c3c2)cn1. The lowest BCUT2D eigenvalue weighted by Crippen LogP contribution is -2.19. The first-order valence-corrected chi connectivity index (χ1v) is 10.5. The summed E-state index contributed by atoms with van der Waals surface area (Å²) in [6.45, 7) is 0. The lowest BCUT2D eigenvalue weighted by Gasteiger charge is -2.12. The maximum Gasteiger partial charge on any atom is 0.323 e. The highest BCUT2D eigenvalue weighted by molar-refractivity contribution is 6.00. The van der Waals surface area contributed by atoms with Crippen LogP contribution < -0.4 is 16.0 Å². The van der Waals surface area contributed by atoms with Crippen molar-refractivity contribution in [1.82, 2.24) is 19.7 Å². The van der Waals surface area contributed by atoms with Crippen molar-refractivity contribution in [3.8, 4) is 11.1 Å². The number of nitrogens with zero attached hydrogens (tertiary/aromatic N) is 4. The fourth-order valence-corrected chi connectivity index (χ4v) is 3.58. The van der Waals surface area contributed by atoms with Crippen LogP contribution in [0.25, 0.3) is 22.0 Å². The summed E-state index contributed by atoms with van der Waals surface area (Å²) in [6, 6.07) is 18.4. The van der Waals surface area contributed by atoms with Gasteiger partial charge in [0.05, 0.1) is 11.7 Å². The maximum atomic E-state index is 13.3. The van der Waals surface area contributed by atoms with Crippen LogP contribution in [0.1, 0.15) is 0 Å². The van der Waals surface area contributed by atoms with E-state index in [1.54, 1.807) is 22.9 Å². The topological polar surface area (TPSA) is 96.8 Å². The molecule has 0 spiro atoms. The highest BCUT2D eigenvalue weighted by atomic mass is 19.1. The number of benzene rings is 3. The average Bonchev–Trinajstić information content (AvgIpc) is 3.25. The van der Waals surface area contributed by atoms with Gasteiger partial charge in [-0.3, -0.25) is 4.68 Å². The highest BCUT2D eigenvalue weighted by Gasteiger charge is 2.09. The first-order valence-electron chi connectivity index (χ1n) is 10.5. The van der Waals surface area contributed by atoms with Gasteiger partial charge in [-0.15, -0.1) is 0 Å². The Labute approximate surface area is 194 Å². The second-order valence-corrected chi connectivity index (χ2v) is 7.65. The molecule has 0 aliphatic rings. The van der Waals surface area contributed by atoms with Gasteiger partial charge in [0.15, 0.2) is 0 Å². The molecular weight excluding hydrogens is 433 g/mol. The molecule has 0 radical (unpaired) electrons. The van der Waals surface area contributed by atoms with Gasteiger partial charge in [-0.2, -0.15) is 5.10 Å². The van der Waals surface area contributed by atoms with Crippen molar-refractivity contribution in [2.45, 2.75) is 0 Å². The lowest BCUT2D eigenvalue weighted by molar-refractivity contribution is 0.262. The Hall–Kier alpha value is -4.79. The van der Waals surface area contributed by atoms with Crippen molar-refractivity contribution in [1.29, 1.82) is 0 Å². The van der Waals surface area contributed by atoms with Crippen LogP contribution in [0.4, 0.5) is 32.1 Å². The molecule has 8 nitrogen and oxygen atoms in total. The van der Waals surface area contributed by atoms with Gasteiger partial charge in [0.2, 0.25) is 0 Å². The Kier molecular flexibility index (Phi) is 5.57. The lowest BCUT2D eigenvalue weighted by atomic mass is 10.1. The van der Waals surface area contributed by atoms with Crippen LogP contribution in [0, 0.1) is 5.82 Å². The fourth-order valence-electron chi connectivity index (χ4n) is 3.58. The summed E-state index contributed by atoms with van der Waals surface area (Å²) in [5.41, 5.74) is 4.46. The first-order chi connectivity index (χ1) is 16.5. The number of aromatic nitrogens is 4. The Balaban J connectivity index is 1.36. The van der Waals surface area contributed by atoms with Crippen molar-refractivity contribution in [2.24, 2.45) is 7.05 Å². The van der Waals surface area contributed by atoms with E-state index >= 15 is 0 Å². The largest absolute Gasteiger partial charge is 0.340 e. The average molecular weight is 453 g/mol.